The minimum atomic E-state index is -0.434. The maximum atomic E-state index is 10.7. The predicted molar refractivity (Wildman–Crippen MR) is 70.7 cm³/mol. The van der Waals surface area contributed by atoms with Gasteiger partial charge in [0.2, 0.25) is 0 Å². The van der Waals surface area contributed by atoms with Crippen molar-refractivity contribution in [2.24, 2.45) is 0 Å². The van der Waals surface area contributed by atoms with Crippen molar-refractivity contribution in [2.75, 3.05) is 26.1 Å². The largest absolute Gasteiger partial charge is 0.374 e. The third kappa shape index (κ3) is 5.11. The molecule has 1 rings (SSSR count). The van der Waals surface area contributed by atoms with Crippen molar-refractivity contribution in [1.82, 2.24) is 0 Å². The molecule has 0 aromatic heterocycles. The van der Waals surface area contributed by atoms with Gasteiger partial charge in [-0.15, -0.1) is 0 Å². The van der Waals surface area contributed by atoms with E-state index in [1.807, 2.05) is 13.8 Å². The molecule has 1 aromatic carbocycles. The lowest BCUT2D eigenvalue weighted by molar-refractivity contribution is -0.384. The smallest absolute Gasteiger partial charge is 0.292 e. The van der Waals surface area contributed by atoms with Crippen molar-refractivity contribution in [1.29, 1.82) is 0 Å². The maximum Gasteiger partial charge on any atom is 0.292 e. The Kier molecular flexibility index (Phi) is 8.51. The molecule has 1 aromatic rings. The van der Waals surface area contributed by atoms with E-state index >= 15 is 0 Å². The van der Waals surface area contributed by atoms with Crippen LogP contribution in [0.2, 0.25) is 0 Å². The second-order valence-electron chi connectivity index (χ2n) is 3.06. The van der Waals surface area contributed by atoms with Crippen LogP contribution in [-0.2, 0) is 9.47 Å². The molecule has 0 atom stereocenters. The Morgan fingerprint density at radius 3 is 2.33 bits per heavy atom. The van der Waals surface area contributed by atoms with Gasteiger partial charge in [0.25, 0.3) is 5.69 Å². The molecule has 0 aliphatic rings. The van der Waals surface area contributed by atoms with Crippen LogP contribution in [-0.4, -0.2) is 32.0 Å². The summed E-state index contributed by atoms with van der Waals surface area (Å²) in [5.41, 5.74) is 0.486. The standard InChI is InChI=1S/C10H14N2O4.C2H6/c1-15-10(16-2)7-11-8-5-3-4-6-9(8)12(13)14;1-2/h3-6,10-11H,7H2,1-2H3;1-2H3. The number of nitrogens with zero attached hydrogens (tertiary/aromatic N) is 1. The Morgan fingerprint density at radius 1 is 1.28 bits per heavy atom. The topological polar surface area (TPSA) is 73.6 Å². The van der Waals surface area contributed by atoms with Crippen molar-refractivity contribution in [3.8, 4) is 0 Å². The molecule has 0 amide bonds. The number of benzene rings is 1. The average molecular weight is 256 g/mol. The van der Waals surface area contributed by atoms with Crippen LogP contribution in [0.4, 0.5) is 11.4 Å². The van der Waals surface area contributed by atoms with Gasteiger partial charge in [-0.05, 0) is 6.07 Å². The fraction of sp³-hybridized carbons (Fsp3) is 0.500. The van der Waals surface area contributed by atoms with Gasteiger partial charge in [0.15, 0.2) is 6.29 Å². The first-order chi connectivity index (χ1) is 8.69. The number of rotatable bonds is 6. The number of ether oxygens (including phenoxy) is 2. The van der Waals surface area contributed by atoms with Crippen LogP contribution in [0.5, 0.6) is 0 Å². The normalized spacial score (nSPS) is 9.61. The molecule has 0 saturated heterocycles. The maximum absolute atomic E-state index is 10.7. The van der Waals surface area contributed by atoms with E-state index in [4.69, 9.17) is 9.47 Å². The van der Waals surface area contributed by atoms with Crippen molar-refractivity contribution >= 4 is 11.4 Å². The zero-order valence-corrected chi connectivity index (χ0v) is 11.2. The number of nitrogens with one attached hydrogen (secondary N) is 1. The minimum absolute atomic E-state index is 0.0356. The summed E-state index contributed by atoms with van der Waals surface area (Å²) in [6.45, 7) is 4.35. The van der Waals surface area contributed by atoms with Crippen LogP contribution in [0.1, 0.15) is 13.8 Å². The molecular formula is C12H20N2O4. The quantitative estimate of drug-likeness (QED) is 0.481. The molecule has 0 fully saturated rings. The zero-order valence-electron chi connectivity index (χ0n) is 11.2. The Bertz CT molecular complexity index is 354. The van der Waals surface area contributed by atoms with Crippen LogP contribution in [0, 0.1) is 10.1 Å². The summed E-state index contributed by atoms with van der Waals surface area (Å²) < 4.78 is 9.93. The third-order valence-corrected chi connectivity index (χ3v) is 2.09. The molecule has 1 N–H and O–H groups in total. The van der Waals surface area contributed by atoms with E-state index < -0.39 is 11.2 Å². The lowest BCUT2D eigenvalue weighted by atomic mass is 10.2. The molecule has 0 unspecified atom stereocenters. The molecule has 0 bridgehead atoms. The highest BCUT2D eigenvalue weighted by Crippen LogP contribution is 2.22. The van der Waals surface area contributed by atoms with E-state index in [2.05, 4.69) is 5.32 Å². The highest BCUT2D eigenvalue weighted by atomic mass is 16.7. The number of hydrogen-bond acceptors (Lipinski definition) is 5. The van der Waals surface area contributed by atoms with Gasteiger partial charge in [0.1, 0.15) is 5.69 Å². The van der Waals surface area contributed by atoms with Crippen molar-refractivity contribution in [3.63, 3.8) is 0 Å². The first-order valence-corrected chi connectivity index (χ1v) is 5.72. The van der Waals surface area contributed by atoms with Gasteiger partial charge < -0.3 is 14.8 Å². The first-order valence-electron chi connectivity index (χ1n) is 5.72. The van der Waals surface area contributed by atoms with E-state index in [1.54, 1.807) is 18.2 Å². The van der Waals surface area contributed by atoms with E-state index in [0.29, 0.717) is 12.2 Å². The van der Waals surface area contributed by atoms with Crippen LogP contribution < -0.4 is 5.32 Å². The molecule has 102 valence electrons. The summed E-state index contributed by atoms with van der Waals surface area (Å²) in [5, 5.41) is 13.6. The number of hydrogen-bond donors (Lipinski definition) is 1. The van der Waals surface area contributed by atoms with Gasteiger partial charge in [0.05, 0.1) is 11.5 Å². The average Bonchev–Trinajstić information content (AvgIpc) is 2.42. The van der Waals surface area contributed by atoms with Gasteiger partial charge in [-0.2, -0.15) is 0 Å². The molecule has 0 heterocycles. The van der Waals surface area contributed by atoms with Crippen molar-refractivity contribution in [2.45, 2.75) is 20.1 Å². The van der Waals surface area contributed by atoms with Crippen LogP contribution >= 0.6 is 0 Å². The number of anilines is 1. The van der Waals surface area contributed by atoms with Crippen molar-refractivity contribution < 1.29 is 14.4 Å². The molecule has 6 nitrogen and oxygen atoms in total. The van der Waals surface area contributed by atoms with Gasteiger partial charge in [-0.25, -0.2) is 0 Å². The monoisotopic (exact) mass is 256 g/mol. The molecule has 0 aliphatic heterocycles. The highest BCUT2D eigenvalue weighted by Gasteiger charge is 2.13. The molecule has 0 radical (unpaired) electrons. The van der Waals surface area contributed by atoms with Crippen molar-refractivity contribution in [3.05, 3.63) is 34.4 Å². The van der Waals surface area contributed by atoms with Gasteiger partial charge >= 0.3 is 0 Å². The van der Waals surface area contributed by atoms with Crippen LogP contribution in [0.25, 0.3) is 0 Å². The summed E-state index contributed by atoms with van der Waals surface area (Å²) >= 11 is 0. The van der Waals surface area contributed by atoms with Gasteiger partial charge in [0, 0.05) is 20.3 Å². The SMILES string of the molecule is CC.COC(CNc1ccccc1[N+](=O)[O-])OC. The number of methoxy groups -OCH3 is 2. The number of para-hydroxylation sites is 2. The summed E-state index contributed by atoms with van der Waals surface area (Å²) in [5.74, 6) is 0. The van der Waals surface area contributed by atoms with E-state index in [-0.39, 0.29) is 5.69 Å². The molecule has 0 spiro atoms. The van der Waals surface area contributed by atoms with Crippen LogP contribution in [0.3, 0.4) is 0 Å². The molecule has 0 saturated carbocycles. The first kappa shape index (κ1) is 16.3. The number of nitro benzene ring substituents is 1. The zero-order chi connectivity index (χ0) is 14.0. The molecule has 6 heteroatoms. The molecular weight excluding hydrogens is 236 g/mol. The van der Waals surface area contributed by atoms with E-state index in [0.717, 1.165) is 0 Å². The minimum Gasteiger partial charge on any atom is -0.374 e. The Hall–Kier alpha value is -1.66. The summed E-state index contributed by atoms with van der Waals surface area (Å²) in [7, 11) is 3.02. The number of nitro groups is 1. The Labute approximate surface area is 107 Å². The lowest BCUT2D eigenvalue weighted by Gasteiger charge is -2.14. The van der Waals surface area contributed by atoms with Gasteiger partial charge in [-0.3, -0.25) is 10.1 Å². The fourth-order valence-electron chi connectivity index (χ4n) is 1.24. The summed E-state index contributed by atoms with van der Waals surface area (Å²) in [4.78, 5) is 10.3. The van der Waals surface area contributed by atoms with E-state index in [9.17, 15) is 10.1 Å². The fourth-order valence-corrected chi connectivity index (χ4v) is 1.24. The van der Waals surface area contributed by atoms with Gasteiger partial charge in [-0.1, -0.05) is 26.0 Å². The molecule has 18 heavy (non-hydrogen) atoms. The summed E-state index contributed by atoms with van der Waals surface area (Å²) in [6, 6.07) is 6.43. The lowest BCUT2D eigenvalue weighted by Crippen LogP contribution is -2.23. The third-order valence-electron chi connectivity index (χ3n) is 2.09. The van der Waals surface area contributed by atoms with E-state index in [1.165, 1.54) is 20.3 Å². The van der Waals surface area contributed by atoms with Crippen LogP contribution in [0.15, 0.2) is 24.3 Å². The highest BCUT2D eigenvalue weighted by molar-refractivity contribution is 5.61. The Morgan fingerprint density at radius 2 is 1.83 bits per heavy atom. The Balaban J connectivity index is 0.00000137. The summed E-state index contributed by atoms with van der Waals surface area (Å²) in [6.07, 6.45) is -0.431. The second kappa shape index (κ2) is 9.38. The molecule has 0 aliphatic carbocycles. The second-order valence-corrected chi connectivity index (χ2v) is 3.06. The predicted octanol–water partition coefficient (Wildman–Crippen LogP) is 2.65.